The van der Waals surface area contributed by atoms with E-state index >= 15 is 0 Å². The molecule has 2 amide bonds. The van der Waals surface area contributed by atoms with Crippen LogP contribution in [0.4, 0.5) is 19.3 Å². The molecule has 1 atom stereocenters. The number of furan rings is 1. The number of aliphatic hydroxyl groups excluding tert-OH is 1. The van der Waals surface area contributed by atoms with Crippen molar-refractivity contribution in [2.24, 2.45) is 0 Å². The molecule has 0 saturated heterocycles. The highest BCUT2D eigenvalue weighted by molar-refractivity contribution is 7.12. The van der Waals surface area contributed by atoms with Crippen molar-refractivity contribution in [2.45, 2.75) is 12.6 Å². The highest BCUT2D eigenvalue weighted by atomic mass is 32.1. The minimum absolute atomic E-state index is 0.150. The van der Waals surface area contributed by atoms with Gasteiger partial charge in [-0.1, -0.05) is 6.07 Å². The number of carbonyl (C=O) groups is 1. The minimum Gasteiger partial charge on any atom is -0.466 e. The van der Waals surface area contributed by atoms with Gasteiger partial charge in [-0.3, -0.25) is 0 Å². The lowest BCUT2D eigenvalue weighted by atomic mass is 10.2. The van der Waals surface area contributed by atoms with Crippen molar-refractivity contribution in [2.75, 3.05) is 5.32 Å². The number of amides is 2. The summed E-state index contributed by atoms with van der Waals surface area (Å²) in [5.74, 6) is -1.28. The molecule has 0 aliphatic carbocycles. The maximum atomic E-state index is 13.5. The number of para-hydroxylation sites is 1. The molecule has 0 bridgehead atoms. The van der Waals surface area contributed by atoms with Gasteiger partial charge in [-0.05, 0) is 36.4 Å². The Kier molecular flexibility index (Phi) is 5.11. The molecule has 0 spiro atoms. The Balaban J connectivity index is 1.58. The second-order valence-electron chi connectivity index (χ2n) is 5.13. The van der Waals surface area contributed by atoms with E-state index in [4.69, 9.17) is 4.42 Å². The monoisotopic (exact) mass is 364 g/mol. The van der Waals surface area contributed by atoms with Crippen LogP contribution in [0.3, 0.4) is 0 Å². The molecule has 130 valence electrons. The number of rotatable bonds is 5. The second-order valence-corrected chi connectivity index (χ2v) is 6.33. The molecule has 5 nitrogen and oxygen atoms in total. The molecule has 2 aromatic heterocycles. The average molecular weight is 364 g/mol. The number of benzene rings is 1. The van der Waals surface area contributed by atoms with Gasteiger partial charge in [0.15, 0.2) is 0 Å². The highest BCUT2D eigenvalue weighted by Crippen LogP contribution is 2.28. The second kappa shape index (κ2) is 7.45. The Bertz CT molecular complexity index is 844. The lowest BCUT2D eigenvalue weighted by Crippen LogP contribution is -2.28. The number of aliphatic hydroxyl groups is 1. The molecule has 0 radical (unpaired) electrons. The van der Waals surface area contributed by atoms with Gasteiger partial charge < -0.3 is 20.2 Å². The number of hydrogen-bond acceptors (Lipinski definition) is 4. The molecule has 2 heterocycles. The fourth-order valence-corrected chi connectivity index (χ4v) is 3.11. The van der Waals surface area contributed by atoms with E-state index in [2.05, 4.69) is 10.6 Å². The normalized spacial score (nSPS) is 12.0. The van der Waals surface area contributed by atoms with Gasteiger partial charge in [0.05, 0.1) is 12.8 Å². The van der Waals surface area contributed by atoms with Gasteiger partial charge in [0.25, 0.3) is 0 Å². The molecule has 0 aliphatic heterocycles. The smallest absolute Gasteiger partial charge is 0.319 e. The molecule has 0 fully saturated rings. The zero-order valence-corrected chi connectivity index (χ0v) is 13.6. The van der Waals surface area contributed by atoms with E-state index in [1.807, 2.05) is 0 Å². The number of anilines is 1. The van der Waals surface area contributed by atoms with Gasteiger partial charge in [-0.25, -0.2) is 13.6 Å². The molecule has 8 heteroatoms. The summed E-state index contributed by atoms with van der Waals surface area (Å²) in [5.41, 5.74) is -0.500. The highest BCUT2D eigenvalue weighted by Gasteiger charge is 2.16. The van der Waals surface area contributed by atoms with Gasteiger partial charge >= 0.3 is 6.03 Å². The van der Waals surface area contributed by atoms with Crippen LogP contribution in [0.1, 0.15) is 21.6 Å². The first-order chi connectivity index (χ1) is 12.0. The molecule has 1 unspecified atom stereocenters. The maximum Gasteiger partial charge on any atom is 0.319 e. The molecule has 25 heavy (non-hydrogen) atoms. The van der Waals surface area contributed by atoms with E-state index in [1.165, 1.54) is 23.7 Å². The fourth-order valence-electron chi connectivity index (χ4n) is 2.17. The average Bonchev–Trinajstić information content (AvgIpc) is 3.27. The molecule has 3 rings (SSSR count). The Labute approximate surface area is 145 Å². The van der Waals surface area contributed by atoms with E-state index in [1.54, 1.807) is 24.3 Å². The van der Waals surface area contributed by atoms with E-state index < -0.39 is 29.5 Å². The molecular formula is C17H14F2N2O3S. The largest absolute Gasteiger partial charge is 0.466 e. The van der Waals surface area contributed by atoms with Gasteiger partial charge in [0, 0.05) is 9.75 Å². The Morgan fingerprint density at radius 3 is 2.60 bits per heavy atom. The van der Waals surface area contributed by atoms with Gasteiger partial charge in [0.2, 0.25) is 0 Å². The number of urea groups is 1. The first-order valence-corrected chi connectivity index (χ1v) is 8.15. The Morgan fingerprint density at radius 2 is 1.92 bits per heavy atom. The summed E-state index contributed by atoms with van der Waals surface area (Å²) in [6, 6.07) is 9.41. The summed E-state index contributed by atoms with van der Waals surface area (Å²) in [7, 11) is 0. The molecule has 3 aromatic rings. The molecule has 3 N–H and O–H groups in total. The topological polar surface area (TPSA) is 74.5 Å². The quantitative estimate of drug-likeness (QED) is 0.640. The zero-order valence-electron chi connectivity index (χ0n) is 12.8. The van der Waals surface area contributed by atoms with Crippen molar-refractivity contribution in [1.82, 2.24) is 5.32 Å². The van der Waals surface area contributed by atoms with Crippen LogP contribution in [0.25, 0.3) is 0 Å². The molecule has 1 aromatic carbocycles. The number of hydrogen-bond donors (Lipinski definition) is 3. The van der Waals surface area contributed by atoms with E-state index in [0.29, 0.717) is 10.6 Å². The minimum atomic E-state index is -0.880. The van der Waals surface area contributed by atoms with Crippen molar-refractivity contribution in [3.63, 3.8) is 0 Å². The summed E-state index contributed by atoms with van der Waals surface area (Å²) >= 11 is 1.29. The van der Waals surface area contributed by atoms with Gasteiger partial charge in [-0.15, -0.1) is 11.3 Å². The summed E-state index contributed by atoms with van der Waals surface area (Å²) in [4.78, 5) is 13.2. The third-order valence-corrected chi connectivity index (χ3v) is 4.53. The van der Waals surface area contributed by atoms with Gasteiger partial charge in [0.1, 0.15) is 29.2 Å². The van der Waals surface area contributed by atoms with E-state index in [-0.39, 0.29) is 6.54 Å². The maximum absolute atomic E-state index is 13.5. The van der Waals surface area contributed by atoms with E-state index in [9.17, 15) is 18.7 Å². The summed E-state index contributed by atoms with van der Waals surface area (Å²) in [6.45, 7) is 0.150. The summed E-state index contributed by atoms with van der Waals surface area (Å²) in [5, 5.41) is 14.8. The van der Waals surface area contributed by atoms with Crippen LogP contribution in [0.5, 0.6) is 0 Å². The Morgan fingerprint density at radius 1 is 1.16 bits per heavy atom. The predicted octanol–water partition coefficient (Wildman–Crippen LogP) is 4.02. The first kappa shape index (κ1) is 17.1. The molecular weight excluding hydrogens is 350 g/mol. The number of halogens is 2. The molecule has 0 aliphatic rings. The van der Waals surface area contributed by atoms with Crippen LogP contribution in [-0.4, -0.2) is 11.1 Å². The van der Waals surface area contributed by atoms with Crippen LogP contribution in [0, 0.1) is 11.6 Å². The van der Waals surface area contributed by atoms with E-state index in [0.717, 1.165) is 17.0 Å². The third-order valence-electron chi connectivity index (χ3n) is 3.39. The van der Waals surface area contributed by atoms with Crippen molar-refractivity contribution in [1.29, 1.82) is 0 Å². The standard InChI is InChI=1S/C17H14F2N2O3S/c18-11-3-1-4-12(19)15(11)21-17(23)20-9-10-6-7-14(25-10)16(22)13-5-2-8-24-13/h1-8,16,22H,9H2,(H2,20,21,23). The SMILES string of the molecule is O=C(NCc1ccc(C(O)c2ccco2)s1)Nc1c(F)cccc1F. The van der Waals surface area contributed by atoms with Crippen molar-refractivity contribution in [3.05, 3.63) is 75.9 Å². The number of nitrogens with one attached hydrogen (secondary N) is 2. The zero-order chi connectivity index (χ0) is 17.8. The first-order valence-electron chi connectivity index (χ1n) is 7.33. The van der Waals surface area contributed by atoms with Crippen molar-refractivity contribution in [3.8, 4) is 0 Å². The van der Waals surface area contributed by atoms with Crippen LogP contribution >= 0.6 is 11.3 Å². The van der Waals surface area contributed by atoms with Crippen LogP contribution in [0.2, 0.25) is 0 Å². The van der Waals surface area contributed by atoms with Crippen LogP contribution < -0.4 is 10.6 Å². The van der Waals surface area contributed by atoms with Crippen LogP contribution in [0.15, 0.2) is 53.1 Å². The van der Waals surface area contributed by atoms with Crippen molar-refractivity contribution < 1.29 is 23.1 Å². The number of carbonyl (C=O) groups excluding carboxylic acids is 1. The van der Waals surface area contributed by atoms with Crippen molar-refractivity contribution >= 4 is 23.1 Å². The summed E-state index contributed by atoms with van der Waals surface area (Å²) < 4.78 is 32.1. The fraction of sp³-hybridized carbons (Fsp3) is 0.118. The van der Waals surface area contributed by atoms with Crippen LogP contribution in [-0.2, 0) is 6.54 Å². The summed E-state index contributed by atoms with van der Waals surface area (Å²) in [6.07, 6.45) is 0.593. The Hall–Kier alpha value is -2.71. The van der Waals surface area contributed by atoms with Gasteiger partial charge in [-0.2, -0.15) is 0 Å². The molecule has 0 saturated carbocycles. The predicted molar refractivity (Wildman–Crippen MR) is 89.3 cm³/mol. The lowest BCUT2D eigenvalue weighted by molar-refractivity contribution is 0.193. The number of thiophene rings is 1. The third kappa shape index (κ3) is 4.04. The lowest BCUT2D eigenvalue weighted by Gasteiger charge is -2.08.